The number of rotatable bonds is 48. The Hall–Kier alpha value is -1.59. The van der Waals surface area contributed by atoms with Crippen molar-refractivity contribution in [2.24, 2.45) is 0 Å². The molecule has 0 saturated carbocycles. The van der Waals surface area contributed by atoms with Crippen LogP contribution in [0.3, 0.4) is 0 Å². The van der Waals surface area contributed by atoms with Crippen LogP contribution in [0.4, 0.5) is 0 Å². The zero-order valence-electron chi connectivity index (χ0n) is 39.3. The zero-order chi connectivity index (χ0) is 42.3. The van der Waals surface area contributed by atoms with Gasteiger partial charge in [0.05, 0.1) is 0 Å². The van der Waals surface area contributed by atoms with Crippen LogP contribution in [-0.4, -0.2) is 37.2 Å². The molecule has 0 aromatic carbocycles. The molecule has 6 heteroatoms. The maximum atomic E-state index is 12.8. The molecule has 0 aliphatic heterocycles. The van der Waals surface area contributed by atoms with E-state index in [1.165, 1.54) is 199 Å². The number of carbonyl (C=O) groups is 3. The number of esters is 3. The van der Waals surface area contributed by atoms with Crippen molar-refractivity contribution in [3.8, 4) is 0 Å². The molecule has 0 heterocycles. The maximum Gasteiger partial charge on any atom is 0.306 e. The molecule has 0 saturated heterocycles. The molecule has 1 atom stereocenters. The van der Waals surface area contributed by atoms with E-state index in [-0.39, 0.29) is 31.1 Å². The molecule has 0 aliphatic rings. The summed E-state index contributed by atoms with van der Waals surface area (Å²) in [7, 11) is 0. The van der Waals surface area contributed by atoms with Gasteiger partial charge in [0, 0.05) is 19.3 Å². The third-order valence-electron chi connectivity index (χ3n) is 11.9. The second-order valence-corrected chi connectivity index (χ2v) is 17.8. The summed E-state index contributed by atoms with van der Waals surface area (Å²) in [5.74, 6) is -0.844. The maximum absolute atomic E-state index is 12.8. The van der Waals surface area contributed by atoms with Crippen molar-refractivity contribution < 1.29 is 28.6 Å². The van der Waals surface area contributed by atoms with Gasteiger partial charge < -0.3 is 14.2 Å². The lowest BCUT2D eigenvalue weighted by molar-refractivity contribution is -0.167. The average molecular weight is 821 g/mol. The van der Waals surface area contributed by atoms with Gasteiger partial charge in [0.2, 0.25) is 0 Å². The minimum Gasteiger partial charge on any atom is -0.462 e. The second-order valence-electron chi connectivity index (χ2n) is 17.8. The van der Waals surface area contributed by atoms with Crippen LogP contribution < -0.4 is 0 Å². The third kappa shape index (κ3) is 45.5. The van der Waals surface area contributed by atoms with Crippen LogP contribution in [0.25, 0.3) is 0 Å². The number of hydrogen-bond donors (Lipinski definition) is 0. The largest absolute Gasteiger partial charge is 0.462 e. The fourth-order valence-corrected chi connectivity index (χ4v) is 7.92. The predicted octanol–water partition coefficient (Wildman–Crippen LogP) is 16.8. The Bertz CT molecular complexity index is 859. The van der Waals surface area contributed by atoms with Crippen LogP contribution in [-0.2, 0) is 28.6 Å². The Labute approximate surface area is 361 Å². The molecular weight excluding hydrogens is 721 g/mol. The van der Waals surface area contributed by atoms with E-state index in [4.69, 9.17) is 14.2 Å². The molecule has 344 valence electrons. The zero-order valence-corrected chi connectivity index (χ0v) is 39.3. The molecule has 0 fully saturated rings. The summed E-state index contributed by atoms with van der Waals surface area (Å²) in [5.41, 5.74) is 0. The van der Waals surface area contributed by atoms with Gasteiger partial charge in [-0.05, 0) is 19.3 Å². The molecule has 58 heavy (non-hydrogen) atoms. The van der Waals surface area contributed by atoms with Crippen LogP contribution >= 0.6 is 0 Å². The van der Waals surface area contributed by atoms with Crippen molar-refractivity contribution in [3.05, 3.63) is 0 Å². The van der Waals surface area contributed by atoms with Crippen LogP contribution in [0, 0.1) is 0 Å². The van der Waals surface area contributed by atoms with Gasteiger partial charge >= 0.3 is 17.9 Å². The third-order valence-corrected chi connectivity index (χ3v) is 11.9. The van der Waals surface area contributed by atoms with Crippen LogP contribution in [0.1, 0.15) is 297 Å². The normalized spacial score (nSPS) is 11.8. The van der Waals surface area contributed by atoms with Crippen molar-refractivity contribution in [2.75, 3.05) is 13.2 Å². The van der Waals surface area contributed by atoms with E-state index in [1.807, 2.05) is 0 Å². The monoisotopic (exact) mass is 821 g/mol. The van der Waals surface area contributed by atoms with E-state index in [0.717, 1.165) is 57.8 Å². The highest BCUT2D eigenvalue weighted by atomic mass is 16.6. The minimum absolute atomic E-state index is 0.0619. The first-order valence-electron chi connectivity index (χ1n) is 26.0. The Morgan fingerprint density at radius 2 is 0.466 bits per heavy atom. The topological polar surface area (TPSA) is 78.9 Å². The minimum atomic E-state index is -0.759. The van der Waals surface area contributed by atoms with Gasteiger partial charge in [0.1, 0.15) is 13.2 Å². The molecule has 0 N–H and O–H groups in total. The van der Waals surface area contributed by atoms with Crippen LogP contribution in [0.5, 0.6) is 0 Å². The van der Waals surface area contributed by atoms with E-state index in [0.29, 0.717) is 19.3 Å². The van der Waals surface area contributed by atoms with Gasteiger partial charge in [-0.25, -0.2) is 0 Å². The molecule has 0 amide bonds. The molecular formula is C52H100O6. The summed E-state index contributed by atoms with van der Waals surface area (Å²) < 4.78 is 16.8. The van der Waals surface area contributed by atoms with Crippen LogP contribution in [0.2, 0.25) is 0 Å². The Balaban J connectivity index is 4.24. The first kappa shape index (κ1) is 56.4. The van der Waals surface area contributed by atoms with E-state index in [1.54, 1.807) is 0 Å². The van der Waals surface area contributed by atoms with Gasteiger partial charge in [-0.15, -0.1) is 0 Å². The van der Waals surface area contributed by atoms with Crippen LogP contribution in [0.15, 0.2) is 0 Å². The quantitative estimate of drug-likeness (QED) is 0.0346. The van der Waals surface area contributed by atoms with Crippen molar-refractivity contribution in [1.82, 2.24) is 0 Å². The first-order chi connectivity index (χ1) is 28.5. The molecule has 0 aliphatic carbocycles. The highest BCUT2D eigenvalue weighted by molar-refractivity contribution is 5.71. The summed E-state index contributed by atoms with van der Waals surface area (Å²) >= 11 is 0. The number of hydrogen-bond acceptors (Lipinski definition) is 6. The molecule has 0 spiro atoms. The van der Waals surface area contributed by atoms with E-state index < -0.39 is 6.10 Å². The summed E-state index contributed by atoms with van der Waals surface area (Å²) in [5, 5.41) is 0. The lowest BCUT2D eigenvalue weighted by atomic mass is 10.0. The molecule has 0 unspecified atom stereocenters. The Morgan fingerprint density at radius 3 is 0.690 bits per heavy atom. The van der Waals surface area contributed by atoms with Crippen molar-refractivity contribution in [1.29, 1.82) is 0 Å². The molecule has 0 rings (SSSR count). The van der Waals surface area contributed by atoms with Gasteiger partial charge in [0.25, 0.3) is 0 Å². The molecule has 6 nitrogen and oxygen atoms in total. The fourth-order valence-electron chi connectivity index (χ4n) is 7.92. The lowest BCUT2D eigenvalue weighted by Gasteiger charge is -2.18. The summed E-state index contributed by atoms with van der Waals surface area (Å²) in [6.45, 7) is 6.66. The van der Waals surface area contributed by atoms with Gasteiger partial charge in [-0.1, -0.05) is 258 Å². The highest BCUT2D eigenvalue weighted by Gasteiger charge is 2.19. The molecule has 0 bridgehead atoms. The summed E-state index contributed by atoms with van der Waals surface area (Å²) in [6, 6.07) is 0. The summed E-state index contributed by atoms with van der Waals surface area (Å²) in [6.07, 6.45) is 50.9. The molecule has 0 aromatic rings. The smallest absolute Gasteiger partial charge is 0.306 e. The van der Waals surface area contributed by atoms with Crippen molar-refractivity contribution in [3.63, 3.8) is 0 Å². The van der Waals surface area contributed by atoms with E-state index >= 15 is 0 Å². The number of carbonyl (C=O) groups excluding carboxylic acids is 3. The molecule has 0 radical (unpaired) electrons. The molecule has 0 aromatic heterocycles. The standard InChI is InChI=1S/C52H100O6/c1-4-7-10-13-16-19-21-23-25-26-27-29-30-33-36-39-42-45-51(54)57-48-49(47-56-50(53)44-41-38-35-32-18-15-12-9-6-3)58-52(55)46-43-40-37-34-31-28-24-22-20-17-14-11-8-5-2/h49H,4-48H2,1-3H3/t49-/m0/s1. The Kier molecular flexibility index (Phi) is 46.8. The highest BCUT2D eigenvalue weighted by Crippen LogP contribution is 2.17. The van der Waals surface area contributed by atoms with Gasteiger partial charge in [0.15, 0.2) is 6.10 Å². The average Bonchev–Trinajstić information content (AvgIpc) is 3.22. The van der Waals surface area contributed by atoms with Gasteiger partial charge in [-0.2, -0.15) is 0 Å². The number of ether oxygens (including phenoxy) is 3. The van der Waals surface area contributed by atoms with E-state index in [9.17, 15) is 14.4 Å². The van der Waals surface area contributed by atoms with Gasteiger partial charge in [-0.3, -0.25) is 14.4 Å². The SMILES string of the molecule is CCCCCCCCCCCCCCCCCCCC(=O)OC[C@H](COC(=O)CCCCCCCCCCC)OC(=O)CCCCCCCCCCCCCCCC. The first-order valence-corrected chi connectivity index (χ1v) is 26.0. The lowest BCUT2D eigenvalue weighted by Crippen LogP contribution is -2.30. The predicted molar refractivity (Wildman–Crippen MR) is 247 cm³/mol. The summed E-state index contributed by atoms with van der Waals surface area (Å²) in [4.78, 5) is 37.9. The van der Waals surface area contributed by atoms with Crippen molar-refractivity contribution in [2.45, 2.75) is 303 Å². The number of unbranched alkanes of at least 4 members (excludes halogenated alkanes) is 37. The van der Waals surface area contributed by atoms with Crippen molar-refractivity contribution >= 4 is 17.9 Å². The fraction of sp³-hybridized carbons (Fsp3) is 0.942. The van der Waals surface area contributed by atoms with E-state index in [2.05, 4.69) is 20.8 Å². The Morgan fingerprint density at radius 1 is 0.276 bits per heavy atom. The second kappa shape index (κ2) is 48.1.